The van der Waals surface area contributed by atoms with E-state index < -0.39 is 127 Å². The highest BCUT2D eigenvalue weighted by Gasteiger charge is 2.29. The molecule has 18 nitrogen and oxygen atoms in total. The summed E-state index contributed by atoms with van der Waals surface area (Å²) >= 11 is 0. The molecule has 16 N–H and O–H groups in total. The van der Waals surface area contributed by atoms with Crippen LogP contribution in [0.3, 0.4) is 0 Å². The van der Waals surface area contributed by atoms with Gasteiger partial charge in [0.1, 0.15) is 0 Å². The van der Waals surface area contributed by atoms with E-state index in [9.17, 15) is 4.79 Å². The number of carbonyl (C=O) groups is 1. The first-order chi connectivity index (χ1) is 19.7. The average molecular weight is 629 g/mol. The smallest absolute Gasteiger partial charge is 0.334 e. The summed E-state index contributed by atoms with van der Waals surface area (Å²) < 4.78 is 4.87. The molecule has 0 aromatic heterocycles. The second-order valence-corrected chi connectivity index (χ2v) is 9.79. The Bertz CT molecular complexity index is 535. The number of carboxylic acids is 1. The van der Waals surface area contributed by atoms with E-state index in [0.29, 0.717) is 0 Å². The van der Waals surface area contributed by atoms with Gasteiger partial charge in [0.05, 0.1) is 139 Å². The summed E-state index contributed by atoms with van der Waals surface area (Å²) in [4.78, 5) is 10.4. The van der Waals surface area contributed by atoms with E-state index in [1.54, 1.807) is 0 Å². The predicted molar refractivity (Wildman–Crippen MR) is 143 cm³/mol. The van der Waals surface area contributed by atoms with Crippen molar-refractivity contribution in [2.24, 2.45) is 21.7 Å². The number of carboxylic acid groups (broad SMARTS) is 1. The van der Waals surface area contributed by atoms with Crippen molar-refractivity contribution in [1.29, 1.82) is 0 Å². The van der Waals surface area contributed by atoms with Crippen LogP contribution in [0.4, 0.5) is 0 Å². The first-order valence-corrected chi connectivity index (χ1v) is 12.4. The van der Waals surface area contributed by atoms with Crippen LogP contribution in [0.25, 0.3) is 0 Å². The van der Waals surface area contributed by atoms with Crippen molar-refractivity contribution in [2.75, 3.05) is 106 Å². The van der Waals surface area contributed by atoms with E-state index in [2.05, 4.69) is 0 Å². The molecule has 0 rings (SSSR count). The third kappa shape index (κ3) is 18.2. The van der Waals surface area contributed by atoms with Crippen LogP contribution < -0.4 is 0 Å². The van der Waals surface area contributed by atoms with Gasteiger partial charge < -0.3 is 86.4 Å². The molecule has 0 fully saturated rings. The number of ether oxygens (including phenoxy) is 1. The molecule has 0 radical (unpaired) electrons. The van der Waals surface area contributed by atoms with E-state index in [1.165, 1.54) is 6.92 Å². The molecule has 0 aromatic carbocycles. The molecule has 0 bridgehead atoms. The normalized spacial score (nSPS) is 12.2. The van der Waals surface area contributed by atoms with E-state index >= 15 is 0 Å². The molecular weight excluding hydrogens is 576 g/mol. The van der Waals surface area contributed by atoms with Crippen molar-refractivity contribution in [3.05, 3.63) is 11.8 Å². The highest BCUT2D eigenvalue weighted by atomic mass is 16.5. The van der Waals surface area contributed by atoms with Crippen LogP contribution in [0.2, 0.25) is 0 Å². The maximum absolute atomic E-state index is 10.4. The van der Waals surface area contributed by atoms with E-state index in [4.69, 9.17) is 86.4 Å². The second-order valence-electron chi connectivity index (χ2n) is 9.79. The highest BCUT2D eigenvalue weighted by molar-refractivity contribution is 5.85. The summed E-state index contributed by atoms with van der Waals surface area (Å²) in [6.07, 6.45) is 1.01. The first kappa shape index (κ1) is 47.3. The standard InChI is InChI=1S/C9H16O6.3C5H12O4/c1-7(8(13)14)2-15-6-9(3-10,4-11)5-12;3*6-1-5(2-7,3-8)4-9/h2,10-12H,3-6H2,1H3,(H,13,14);3*6-9H,1-4H2. The van der Waals surface area contributed by atoms with Crippen molar-refractivity contribution in [1.82, 2.24) is 0 Å². The Balaban J connectivity index is -0.000000237. The molecule has 0 aromatic rings. The second kappa shape index (κ2) is 27.0. The van der Waals surface area contributed by atoms with Crippen LogP contribution in [0, 0.1) is 21.7 Å². The Morgan fingerprint density at radius 3 is 0.762 bits per heavy atom. The summed E-state index contributed by atoms with van der Waals surface area (Å²) in [6.45, 7) is -5.01. The molecule has 0 amide bonds. The Hall–Kier alpha value is -1.59. The van der Waals surface area contributed by atoms with Crippen LogP contribution in [0.15, 0.2) is 11.8 Å². The van der Waals surface area contributed by atoms with Gasteiger partial charge in [-0.1, -0.05) is 0 Å². The van der Waals surface area contributed by atoms with Gasteiger partial charge >= 0.3 is 5.97 Å². The minimum Gasteiger partial charge on any atom is -0.500 e. The monoisotopic (exact) mass is 628 g/mol. The molecule has 0 saturated heterocycles. The minimum atomic E-state index is -1.14. The fourth-order valence-electron chi connectivity index (χ4n) is 1.58. The average Bonchev–Trinajstić information content (AvgIpc) is 3.04. The zero-order valence-electron chi connectivity index (χ0n) is 23.9. The molecule has 256 valence electrons. The quantitative estimate of drug-likeness (QED) is 0.0466. The van der Waals surface area contributed by atoms with Gasteiger partial charge in [-0.25, -0.2) is 4.79 Å². The van der Waals surface area contributed by atoms with Gasteiger partial charge in [-0.3, -0.25) is 0 Å². The summed E-state index contributed by atoms with van der Waals surface area (Å²) in [5.74, 6) is -1.11. The lowest BCUT2D eigenvalue weighted by Gasteiger charge is -2.26. The van der Waals surface area contributed by atoms with Crippen LogP contribution >= 0.6 is 0 Å². The van der Waals surface area contributed by atoms with Gasteiger partial charge in [0, 0.05) is 0 Å². The third-order valence-corrected chi connectivity index (χ3v) is 6.02. The largest absolute Gasteiger partial charge is 0.500 e. The fraction of sp³-hybridized carbons (Fsp3) is 0.875. The lowest BCUT2D eigenvalue weighted by atomic mass is 9.93. The van der Waals surface area contributed by atoms with Crippen molar-refractivity contribution in [2.45, 2.75) is 6.92 Å². The van der Waals surface area contributed by atoms with Gasteiger partial charge in [0.2, 0.25) is 0 Å². The van der Waals surface area contributed by atoms with Crippen LogP contribution in [0.1, 0.15) is 6.92 Å². The minimum absolute atomic E-state index is 0.00211. The van der Waals surface area contributed by atoms with Crippen molar-refractivity contribution in [3.63, 3.8) is 0 Å². The fourth-order valence-corrected chi connectivity index (χ4v) is 1.58. The third-order valence-electron chi connectivity index (χ3n) is 6.02. The topological polar surface area (TPSA) is 350 Å². The van der Waals surface area contributed by atoms with Gasteiger partial charge in [-0.05, 0) is 6.92 Å². The molecule has 0 heterocycles. The Kier molecular flexibility index (Phi) is 30.4. The molecule has 0 atom stereocenters. The number of rotatable bonds is 19. The molecule has 18 heteroatoms. The molecular formula is C24H52O18. The molecule has 42 heavy (non-hydrogen) atoms. The van der Waals surface area contributed by atoms with Gasteiger partial charge in [-0.15, -0.1) is 0 Å². The summed E-state index contributed by atoms with van der Waals surface area (Å²) in [7, 11) is 0. The summed E-state index contributed by atoms with van der Waals surface area (Å²) in [5.41, 5.74) is -4.48. The summed E-state index contributed by atoms with van der Waals surface area (Å²) in [5, 5.41) is 137. The Morgan fingerprint density at radius 2 is 0.643 bits per heavy atom. The number of hydrogen-bond donors (Lipinski definition) is 16. The van der Waals surface area contributed by atoms with E-state index in [0.717, 1.165) is 6.26 Å². The molecule has 0 unspecified atom stereocenters. The maximum atomic E-state index is 10.4. The number of hydrogen-bond acceptors (Lipinski definition) is 17. The highest BCUT2D eigenvalue weighted by Crippen LogP contribution is 2.16. The number of aliphatic hydroxyl groups is 15. The molecule has 0 saturated carbocycles. The summed E-state index contributed by atoms with van der Waals surface area (Å²) in [6, 6.07) is 0. The molecule has 0 aliphatic heterocycles. The molecule has 0 aliphatic carbocycles. The lowest BCUT2D eigenvalue weighted by molar-refractivity contribution is -0.132. The van der Waals surface area contributed by atoms with Crippen LogP contribution in [0.5, 0.6) is 0 Å². The van der Waals surface area contributed by atoms with Crippen LogP contribution in [-0.4, -0.2) is 193 Å². The van der Waals surface area contributed by atoms with Crippen molar-refractivity contribution in [3.8, 4) is 0 Å². The SMILES string of the molecule is CC(=COCC(CO)(CO)CO)C(=O)O.OCC(CO)(CO)CO.OCC(CO)(CO)CO.OCC(CO)(CO)CO. The predicted octanol–water partition coefficient (Wildman–Crippen LogP) is -7.22. The zero-order valence-corrected chi connectivity index (χ0v) is 23.9. The Labute approximate surface area is 243 Å². The Morgan fingerprint density at radius 1 is 0.452 bits per heavy atom. The van der Waals surface area contributed by atoms with Gasteiger partial charge in [0.25, 0.3) is 0 Å². The van der Waals surface area contributed by atoms with Gasteiger partial charge in [-0.2, -0.15) is 0 Å². The van der Waals surface area contributed by atoms with E-state index in [1.807, 2.05) is 0 Å². The van der Waals surface area contributed by atoms with Gasteiger partial charge in [0.15, 0.2) is 0 Å². The first-order valence-electron chi connectivity index (χ1n) is 12.4. The van der Waals surface area contributed by atoms with E-state index in [-0.39, 0.29) is 12.2 Å². The van der Waals surface area contributed by atoms with Crippen molar-refractivity contribution < 1.29 is 91.2 Å². The molecule has 0 aliphatic rings. The van der Waals surface area contributed by atoms with Crippen molar-refractivity contribution >= 4 is 5.97 Å². The lowest BCUT2D eigenvalue weighted by Crippen LogP contribution is -2.38. The molecule has 0 spiro atoms. The maximum Gasteiger partial charge on any atom is 0.334 e. The number of aliphatic carboxylic acids is 1. The zero-order chi connectivity index (χ0) is 33.9. The number of aliphatic hydroxyl groups excluding tert-OH is 15. The van der Waals surface area contributed by atoms with Crippen LogP contribution in [-0.2, 0) is 9.53 Å².